The number of hydrogen-bond acceptors (Lipinski definition) is 5. The number of halogens is 1. The molecule has 176 valence electrons. The minimum atomic E-state index is 0.259. The summed E-state index contributed by atoms with van der Waals surface area (Å²) in [7, 11) is 1.59. The van der Waals surface area contributed by atoms with Crippen LogP contribution in [0.4, 0.5) is 5.00 Å². The smallest absolute Gasteiger partial charge is 0.180 e. The van der Waals surface area contributed by atoms with Crippen molar-refractivity contribution in [1.82, 2.24) is 0 Å². The maximum absolute atomic E-state index is 9.83. The van der Waals surface area contributed by atoms with Gasteiger partial charge in [0.05, 0.1) is 17.7 Å². The van der Waals surface area contributed by atoms with Crippen molar-refractivity contribution < 1.29 is 9.47 Å². The van der Waals surface area contributed by atoms with Gasteiger partial charge in [0.1, 0.15) is 17.7 Å². The lowest BCUT2D eigenvalue weighted by Crippen LogP contribution is -2.26. The molecule has 0 saturated carbocycles. The minimum Gasteiger partial charge on any atom is -0.493 e. The zero-order chi connectivity index (χ0) is 24.3. The average Bonchev–Trinajstić information content (AvgIpc) is 3.18. The predicted octanol–water partition coefficient (Wildman–Crippen LogP) is 7.76. The van der Waals surface area contributed by atoms with Gasteiger partial charge >= 0.3 is 0 Å². The van der Waals surface area contributed by atoms with E-state index in [1.54, 1.807) is 24.7 Å². The number of benzene rings is 2. The second-order valence-electron chi connectivity index (χ2n) is 9.67. The monoisotopic (exact) mass is 492 g/mol. The summed E-state index contributed by atoms with van der Waals surface area (Å²) in [6, 6.07) is 16.0. The van der Waals surface area contributed by atoms with Gasteiger partial charge in [0, 0.05) is 11.1 Å². The van der Waals surface area contributed by atoms with Crippen molar-refractivity contribution in [1.29, 1.82) is 5.26 Å². The van der Waals surface area contributed by atoms with Crippen LogP contribution in [0.3, 0.4) is 0 Å². The van der Waals surface area contributed by atoms with Crippen LogP contribution in [-0.2, 0) is 19.4 Å². The van der Waals surface area contributed by atoms with E-state index in [9.17, 15) is 5.26 Å². The predicted molar refractivity (Wildman–Crippen MR) is 140 cm³/mol. The summed E-state index contributed by atoms with van der Waals surface area (Å²) < 4.78 is 11.5. The second kappa shape index (κ2) is 10.2. The minimum absolute atomic E-state index is 0.259. The molecule has 4 rings (SSSR count). The number of methoxy groups -OCH3 is 1. The van der Waals surface area contributed by atoms with Crippen LogP contribution < -0.4 is 9.47 Å². The molecule has 0 bridgehead atoms. The Kier molecular flexibility index (Phi) is 7.30. The van der Waals surface area contributed by atoms with E-state index < -0.39 is 0 Å². The maximum atomic E-state index is 9.83. The quantitative estimate of drug-likeness (QED) is 0.330. The zero-order valence-corrected chi connectivity index (χ0v) is 21.6. The van der Waals surface area contributed by atoms with Crippen LogP contribution in [0.2, 0.25) is 5.02 Å². The van der Waals surface area contributed by atoms with Crippen LogP contribution in [0.15, 0.2) is 47.5 Å². The number of aliphatic imine (C=N–C) groups is 1. The van der Waals surface area contributed by atoms with E-state index in [0.29, 0.717) is 34.6 Å². The molecule has 0 fully saturated rings. The van der Waals surface area contributed by atoms with Gasteiger partial charge < -0.3 is 9.47 Å². The van der Waals surface area contributed by atoms with Gasteiger partial charge in [-0.05, 0) is 59.4 Å². The number of nitriles is 1. The molecule has 0 spiro atoms. The molecular formula is C28H29ClN2O2S. The summed E-state index contributed by atoms with van der Waals surface area (Å²) >= 11 is 8.18. The molecule has 1 aliphatic carbocycles. The van der Waals surface area contributed by atoms with Crippen LogP contribution in [0.5, 0.6) is 11.5 Å². The van der Waals surface area contributed by atoms with Gasteiger partial charge in [-0.25, -0.2) is 4.99 Å². The highest BCUT2D eigenvalue weighted by Crippen LogP contribution is 2.45. The molecule has 0 saturated heterocycles. The van der Waals surface area contributed by atoms with Crippen molar-refractivity contribution in [3.05, 3.63) is 74.6 Å². The Bertz CT molecular complexity index is 1240. The topological polar surface area (TPSA) is 54.6 Å². The van der Waals surface area contributed by atoms with E-state index in [2.05, 4.69) is 26.8 Å². The number of ether oxygens (including phenoxy) is 2. The Morgan fingerprint density at radius 3 is 2.68 bits per heavy atom. The lowest BCUT2D eigenvalue weighted by molar-refractivity contribution is 0.218. The number of fused-ring (bicyclic) bond motifs is 1. The number of hydrogen-bond donors (Lipinski definition) is 0. The molecule has 0 N–H and O–H groups in total. The molecular weight excluding hydrogens is 464 g/mol. The first kappa shape index (κ1) is 24.3. The van der Waals surface area contributed by atoms with E-state index in [1.807, 2.05) is 42.5 Å². The number of thiophene rings is 1. The lowest BCUT2D eigenvalue weighted by Gasteiger charge is -2.33. The molecule has 1 atom stereocenters. The zero-order valence-electron chi connectivity index (χ0n) is 20.0. The summed E-state index contributed by atoms with van der Waals surface area (Å²) in [6.07, 6.45) is 4.82. The molecule has 2 aromatic carbocycles. The molecule has 0 amide bonds. The summed E-state index contributed by atoms with van der Waals surface area (Å²) in [5.41, 5.74) is 3.99. The van der Waals surface area contributed by atoms with Crippen molar-refractivity contribution >= 4 is 34.2 Å². The Morgan fingerprint density at radius 1 is 1.24 bits per heavy atom. The summed E-state index contributed by atoms with van der Waals surface area (Å²) in [6.45, 7) is 7.28. The van der Waals surface area contributed by atoms with E-state index in [4.69, 9.17) is 26.1 Å². The van der Waals surface area contributed by atoms with Gasteiger partial charge in [-0.2, -0.15) is 5.26 Å². The summed E-state index contributed by atoms with van der Waals surface area (Å²) in [4.78, 5) is 6.00. The van der Waals surface area contributed by atoms with Crippen molar-refractivity contribution in [3.63, 3.8) is 0 Å². The fraction of sp³-hybridized carbons (Fsp3) is 0.357. The highest BCUT2D eigenvalue weighted by Gasteiger charge is 2.32. The van der Waals surface area contributed by atoms with Crippen molar-refractivity contribution in [3.8, 4) is 17.6 Å². The van der Waals surface area contributed by atoms with Gasteiger partial charge in [0.15, 0.2) is 11.5 Å². The third kappa shape index (κ3) is 5.29. The van der Waals surface area contributed by atoms with E-state index in [0.717, 1.165) is 35.4 Å². The molecule has 6 heteroatoms. The lowest BCUT2D eigenvalue weighted by atomic mass is 9.72. The standard InChI is InChI=1S/C28H29ClN2O2S/c1-28(2,3)20-10-11-21-22(15-30)27(34-25(21)14-20)31-16-19-12-23(29)26(24(13-19)32-4)33-17-18-8-6-5-7-9-18/h5-9,12-13,16,20H,10-11,14,17H2,1-4H3/t20-/m1/s1. The molecule has 4 nitrogen and oxygen atoms in total. The van der Waals surface area contributed by atoms with Crippen molar-refractivity contribution in [2.45, 2.75) is 46.6 Å². The van der Waals surface area contributed by atoms with Crippen LogP contribution in [0.1, 0.15) is 54.3 Å². The molecule has 1 aliphatic rings. The van der Waals surface area contributed by atoms with E-state index in [-0.39, 0.29) is 5.41 Å². The first-order valence-electron chi connectivity index (χ1n) is 11.4. The highest BCUT2D eigenvalue weighted by atomic mass is 35.5. The fourth-order valence-corrected chi connectivity index (χ4v) is 5.83. The number of rotatable bonds is 6. The Balaban J connectivity index is 1.57. The van der Waals surface area contributed by atoms with Crippen LogP contribution >= 0.6 is 22.9 Å². The van der Waals surface area contributed by atoms with Crippen LogP contribution in [-0.4, -0.2) is 13.3 Å². The highest BCUT2D eigenvalue weighted by molar-refractivity contribution is 7.16. The second-order valence-corrected chi connectivity index (χ2v) is 11.2. The maximum Gasteiger partial charge on any atom is 0.180 e. The van der Waals surface area contributed by atoms with Gasteiger partial charge in [0.25, 0.3) is 0 Å². The molecule has 1 heterocycles. The normalized spacial score (nSPS) is 15.7. The van der Waals surface area contributed by atoms with E-state index >= 15 is 0 Å². The Morgan fingerprint density at radius 2 is 2.00 bits per heavy atom. The third-order valence-corrected chi connectivity index (χ3v) is 7.83. The largest absolute Gasteiger partial charge is 0.493 e. The molecule has 34 heavy (non-hydrogen) atoms. The van der Waals surface area contributed by atoms with Crippen molar-refractivity contribution in [2.75, 3.05) is 7.11 Å². The SMILES string of the molecule is COc1cc(C=Nc2sc3c(c2C#N)CC[C@@H](C(C)(C)C)C3)cc(Cl)c1OCc1ccccc1. The van der Waals surface area contributed by atoms with Crippen molar-refractivity contribution in [2.24, 2.45) is 16.3 Å². The Labute approximate surface area is 210 Å². The molecule has 0 unspecified atom stereocenters. The summed E-state index contributed by atoms with van der Waals surface area (Å²) in [5.74, 6) is 1.67. The first-order valence-corrected chi connectivity index (χ1v) is 12.6. The summed E-state index contributed by atoms with van der Waals surface area (Å²) in [5, 5.41) is 11.0. The Hall–Kier alpha value is -2.81. The van der Waals surface area contributed by atoms with Gasteiger partial charge in [-0.3, -0.25) is 0 Å². The molecule has 1 aromatic heterocycles. The van der Waals surface area contributed by atoms with Crippen LogP contribution in [0.25, 0.3) is 0 Å². The third-order valence-electron chi connectivity index (χ3n) is 6.39. The van der Waals surface area contributed by atoms with Gasteiger partial charge in [-0.15, -0.1) is 11.3 Å². The van der Waals surface area contributed by atoms with Crippen LogP contribution in [0, 0.1) is 22.7 Å². The first-order chi connectivity index (χ1) is 16.3. The van der Waals surface area contributed by atoms with E-state index in [1.165, 1.54) is 10.4 Å². The molecule has 0 aliphatic heterocycles. The van der Waals surface area contributed by atoms with Gasteiger partial charge in [-0.1, -0.05) is 62.7 Å². The fourth-order valence-electron chi connectivity index (χ4n) is 4.33. The van der Waals surface area contributed by atoms with Gasteiger partial charge in [0.2, 0.25) is 0 Å². The average molecular weight is 493 g/mol. The molecule has 0 radical (unpaired) electrons. The molecule has 3 aromatic rings. The number of nitrogens with zero attached hydrogens (tertiary/aromatic N) is 2.